The largest absolute Gasteiger partial charge is 0.469 e. The summed E-state index contributed by atoms with van der Waals surface area (Å²) in [5, 5.41) is 0. The number of aromatic nitrogens is 1. The Labute approximate surface area is 149 Å². The second-order valence-electron chi connectivity index (χ2n) is 6.62. The van der Waals surface area contributed by atoms with E-state index in [-0.39, 0.29) is 11.9 Å². The molecule has 1 aromatic carbocycles. The van der Waals surface area contributed by atoms with E-state index in [0.29, 0.717) is 5.92 Å². The molecule has 128 valence electrons. The van der Waals surface area contributed by atoms with Gasteiger partial charge in [-0.25, -0.2) is 0 Å². The molecule has 0 spiro atoms. The van der Waals surface area contributed by atoms with E-state index in [0.717, 1.165) is 17.5 Å². The molecule has 1 heterocycles. The van der Waals surface area contributed by atoms with Gasteiger partial charge in [0.2, 0.25) is 0 Å². The zero-order valence-electron chi connectivity index (χ0n) is 14.6. The second-order valence-corrected chi connectivity index (χ2v) is 6.62. The van der Waals surface area contributed by atoms with Crippen LogP contribution < -0.4 is 0 Å². The van der Waals surface area contributed by atoms with E-state index in [1.165, 1.54) is 44.1 Å². The Hall–Kier alpha value is -2.60. The Morgan fingerprint density at radius 3 is 2.60 bits per heavy atom. The van der Waals surface area contributed by atoms with Gasteiger partial charge in [0.05, 0.1) is 18.7 Å². The van der Waals surface area contributed by atoms with Crippen molar-refractivity contribution < 1.29 is 9.53 Å². The maximum Gasteiger partial charge on any atom is 0.313 e. The number of nitrogens with zero attached hydrogens (tertiary/aromatic N) is 1. The van der Waals surface area contributed by atoms with Gasteiger partial charge in [-0.15, -0.1) is 6.42 Å². The molecule has 3 aliphatic rings. The zero-order chi connectivity index (χ0) is 17.6. The highest BCUT2D eigenvalue weighted by molar-refractivity contribution is 5.79. The van der Waals surface area contributed by atoms with Crippen LogP contribution in [0.25, 0.3) is 11.3 Å². The highest BCUT2D eigenvalue weighted by Gasteiger charge is 2.28. The van der Waals surface area contributed by atoms with E-state index >= 15 is 0 Å². The first kappa shape index (κ1) is 17.2. The molecule has 3 nitrogen and oxygen atoms in total. The number of ether oxygens (including phenoxy) is 1. The van der Waals surface area contributed by atoms with Crippen LogP contribution in [0.4, 0.5) is 0 Å². The lowest BCUT2D eigenvalue weighted by molar-refractivity contribution is -0.142. The van der Waals surface area contributed by atoms with Crippen molar-refractivity contribution >= 4 is 5.97 Å². The summed E-state index contributed by atoms with van der Waals surface area (Å²) in [6.07, 6.45) is 13.2. The average molecular weight is 333 g/mol. The van der Waals surface area contributed by atoms with Gasteiger partial charge in [-0.3, -0.25) is 9.78 Å². The van der Waals surface area contributed by atoms with E-state index in [1.807, 2.05) is 36.5 Å². The SMILES string of the molecule is C#Cc1ccccc1C(CC1CCCC1)C(=O)OC.c1cc2cc-2n1. The van der Waals surface area contributed by atoms with Crippen LogP contribution in [0, 0.1) is 18.3 Å². The molecule has 0 amide bonds. The van der Waals surface area contributed by atoms with E-state index in [1.54, 1.807) is 0 Å². The van der Waals surface area contributed by atoms with E-state index in [2.05, 4.69) is 17.0 Å². The Bertz CT molecular complexity index is 767. The Kier molecular flexibility index (Phi) is 5.50. The molecule has 0 bridgehead atoms. The zero-order valence-corrected chi connectivity index (χ0v) is 14.6. The number of hydrogen-bond acceptors (Lipinski definition) is 3. The smallest absolute Gasteiger partial charge is 0.313 e. The molecule has 1 saturated carbocycles. The van der Waals surface area contributed by atoms with Gasteiger partial charge in [0, 0.05) is 17.3 Å². The minimum absolute atomic E-state index is 0.172. The van der Waals surface area contributed by atoms with Crippen molar-refractivity contribution in [3.63, 3.8) is 0 Å². The highest BCUT2D eigenvalue weighted by Crippen LogP contribution is 2.35. The fraction of sp³-hybridized carbons (Fsp3) is 0.364. The Morgan fingerprint density at radius 2 is 2.08 bits per heavy atom. The minimum atomic E-state index is -0.222. The van der Waals surface area contributed by atoms with Crippen molar-refractivity contribution in [3.05, 3.63) is 53.7 Å². The second kappa shape index (κ2) is 7.98. The standard InChI is InChI=1S/C17H20O2.C5H3N/c1-3-14-10-6-7-11-15(14)16(17(18)19-2)12-13-8-4-5-9-13;1-2-6-5-3-4(1)5/h1,6-7,10-11,13,16H,4-5,8-9,12H2,2H3;1-3H. The molecule has 1 atom stereocenters. The first-order chi connectivity index (χ1) is 12.2. The number of fused-ring (bicyclic) bond motifs is 1. The van der Waals surface area contributed by atoms with Crippen LogP contribution in [-0.2, 0) is 9.53 Å². The average Bonchev–Trinajstić information content (AvgIpc) is 3.05. The fourth-order valence-electron chi connectivity index (χ4n) is 3.56. The van der Waals surface area contributed by atoms with Crippen molar-refractivity contribution in [2.75, 3.05) is 7.11 Å². The monoisotopic (exact) mass is 333 g/mol. The first-order valence-corrected chi connectivity index (χ1v) is 8.82. The number of pyridine rings is 1. The summed E-state index contributed by atoms with van der Waals surface area (Å²) in [5.41, 5.74) is 4.23. The molecule has 4 rings (SSSR count). The Balaban J connectivity index is 0.000000250. The number of methoxy groups -OCH3 is 1. The number of carbonyl (C=O) groups is 1. The van der Waals surface area contributed by atoms with Crippen LogP contribution >= 0.6 is 0 Å². The molecule has 3 heteroatoms. The van der Waals surface area contributed by atoms with Crippen molar-refractivity contribution in [1.82, 2.24) is 4.98 Å². The third kappa shape index (κ3) is 4.28. The van der Waals surface area contributed by atoms with Gasteiger partial charge >= 0.3 is 5.97 Å². The number of rotatable bonds is 4. The van der Waals surface area contributed by atoms with Crippen LogP contribution in [0.15, 0.2) is 42.6 Å². The summed E-state index contributed by atoms with van der Waals surface area (Å²) < 4.78 is 4.97. The molecule has 0 radical (unpaired) electrons. The molecule has 0 aromatic heterocycles. The summed E-state index contributed by atoms with van der Waals surface area (Å²) in [4.78, 5) is 16.0. The van der Waals surface area contributed by atoms with E-state index in [4.69, 9.17) is 11.2 Å². The van der Waals surface area contributed by atoms with Gasteiger partial charge in [-0.2, -0.15) is 0 Å². The van der Waals surface area contributed by atoms with Crippen LogP contribution in [0.5, 0.6) is 0 Å². The van der Waals surface area contributed by atoms with Gasteiger partial charge in [-0.05, 0) is 36.1 Å². The van der Waals surface area contributed by atoms with Crippen molar-refractivity contribution in [2.24, 2.45) is 5.92 Å². The summed E-state index contributed by atoms with van der Waals surface area (Å²) >= 11 is 0. The number of benzene rings is 1. The van der Waals surface area contributed by atoms with Gasteiger partial charge in [0.15, 0.2) is 0 Å². The quantitative estimate of drug-likeness (QED) is 0.519. The molecule has 0 saturated heterocycles. The third-order valence-corrected chi connectivity index (χ3v) is 4.99. The number of carbonyl (C=O) groups excluding carboxylic acids is 1. The van der Waals surface area contributed by atoms with E-state index in [9.17, 15) is 4.79 Å². The van der Waals surface area contributed by atoms with Crippen LogP contribution in [0.3, 0.4) is 0 Å². The maximum atomic E-state index is 12.1. The van der Waals surface area contributed by atoms with Crippen LogP contribution in [0.2, 0.25) is 0 Å². The fourth-order valence-corrected chi connectivity index (χ4v) is 3.56. The van der Waals surface area contributed by atoms with Crippen LogP contribution in [0.1, 0.15) is 49.1 Å². The molecule has 0 N–H and O–H groups in total. The molecule has 1 aromatic rings. The van der Waals surface area contributed by atoms with E-state index < -0.39 is 0 Å². The molecule has 1 fully saturated rings. The summed E-state index contributed by atoms with van der Waals surface area (Å²) in [6, 6.07) is 11.7. The Morgan fingerprint density at radius 1 is 1.32 bits per heavy atom. The lowest BCUT2D eigenvalue weighted by Gasteiger charge is -2.20. The maximum absolute atomic E-state index is 12.1. The lowest BCUT2D eigenvalue weighted by atomic mass is 9.85. The summed E-state index contributed by atoms with van der Waals surface area (Å²) in [7, 11) is 1.45. The van der Waals surface area contributed by atoms with Gasteiger partial charge in [0.25, 0.3) is 0 Å². The normalized spacial score (nSPS) is 15.5. The first-order valence-electron chi connectivity index (χ1n) is 8.82. The van der Waals surface area contributed by atoms with Gasteiger partial charge < -0.3 is 4.74 Å². The summed E-state index contributed by atoms with van der Waals surface area (Å²) in [5.74, 6) is 2.90. The van der Waals surface area contributed by atoms with Crippen molar-refractivity contribution in [1.29, 1.82) is 0 Å². The molecular weight excluding hydrogens is 310 g/mol. The molecule has 2 aliphatic carbocycles. The van der Waals surface area contributed by atoms with Crippen LogP contribution in [-0.4, -0.2) is 18.1 Å². The number of hydrogen-bond donors (Lipinski definition) is 0. The van der Waals surface area contributed by atoms with Crippen molar-refractivity contribution in [2.45, 2.75) is 38.0 Å². The van der Waals surface area contributed by atoms with Gasteiger partial charge in [-0.1, -0.05) is 49.8 Å². The lowest BCUT2D eigenvalue weighted by Crippen LogP contribution is -2.18. The molecule has 1 unspecified atom stereocenters. The number of terminal acetylenes is 1. The number of esters is 1. The van der Waals surface area contributed by atoms with Crippen molar-refractivity contribution in [3.8, 4) is 23.6 Å². The topological polar surface area (TPSA) is 39.2 Å². The molecule has 25 heavy (non-hydrogen) atoms. The molecule has 1 aliphatic heterocycles. The minimum Gasteiger partial charge on any atom is -0.469 e. The predicted molar refractivity (Wildman–Crippen MR) is 98.9 cm³/mol. The summed E-state index contributed by atoms with van der Waals surface area (Å²) in [6.45, 7) is 0. The van der Waals surface area contributed by atoms with Gasteiger partial charge in [0.1, 0.15) is 0 Å². The predicted octanol–water partition coefficient (Wildman–Crippen LogP) is 4.57. The third-order valence-electron chi connectivity index (χ3n) is 4.99. The highest BCUT2D eigenvalue weighted by atomic mass is 16.5. The molecular formula is C22H23NO2.